The van der Waals surface area contributed by atoms with Crippen molar-refractivity contribution in [3.8, 4) is 6.07 Å². The molecule has 0 spiro atoms. The predicted molar refractivity (Wildman–Crippen MR) is 63.3 cm³/mol. The summed E-state index contributed by atoms with van der Waals surface area (Å²) in [6, 6.07) is 8.04. The van der Waals surface area contributed by atoms with Crippen molar-refractivity contribution in [1.29, 1.82) is 5.26 Å². The first-order valence-electron chi connectivity index (χ1n) is 4.51. The van der Waals surface area contributed by atoms with E-state index in [1.807, 2.05) is 31.2 Å². The highest BCUT2D eigenvalue weighted by molar-refractivity contribution is 9.09. The van der Waals surface area contributed by atoms with Gasteiger partial charge in [-0.25, -0.2) is 0 Å². The van der Waals surface area contributed by atoms with Crippen LogP contribution in [0.5, 0.6) is 0 Å². The fraction of sp³-hybridized carbons (Fsp3) is 0.250. The van der Waals surface area contributed by atoms with Crippen LogP contribution in [0.1, 0.15) is 23.1 Å². The highest BCUT2D eigenvalue weighted by Crippen LogP contribution is 2.12. The molecule has 0 aliphatic rings. The van der Waals surface area contributed by atoms with Crippen molar-refractivity contribution in [2.45, 2.75) is 13.3 Å². The van der Waals surface area contributed by atoms with E-state index in [2.05, 4.69) is 28.1 Å². The van der Waals surface area contributed by atoms with Gasteiger partial charge in [-0.05, 0) is 25.0 Å². The maximum absolute atomic E-state index is 8.87. The summed E-state index contributed by atoms with van der Waals surface area (Å²) in [5, 5.41) is 9.83. The molecule has 0 N–H and O–H groups in total. The average Bonchev–Trinajstić information content (AvgIpc) is 2.19. The van der Waals surface area contributed by atoms with Crippen LogP contribution in [-0.2, 0) is 0 Å². The van der Waals surface area contributed by atoms with Crippen LogP contribution >= 0.6 is 15.9 Å². The number of benzene rings is 1. The second-order valence-electron chi connectivity index (χ2n) is 3.08. The second-order valence-corrected chi connectivity index (χ2v) is 3.88. The molecule has 0 unspecified atom stereocenters. The van der Waals surface area contributed by atoms with Gasteiger partial charge >= 0.3 is 0 Å². The maximum atomic E-state index is 8.87. The SMILES string of the molecule is Cc1ccc(C#N)c(C=CCCBr)c1. The molecule has 1 aromatic carbocycles. The molecule has 0 aromatic heterocycles. The van der Waals surface area contributed by atoms with E-state index in [1.165, 1.54) is 5.56 Å². The first kappa shape index (κ1) is 11.0. The summed E-state index contributed by atoms with van der Waals surface area (Å²) in [7, 11) is 0. The number of rotatable bonds is 3. The normalized spacial score (nSPS) is 10.4. The molecule has 2 heteroatoms. The van der Waals surface area contributed by atoms with Gasteiger partial charge in [0.2, 0.25) is 0 Å². The molecule has 0 fully saturated rings. The molecule has 0 saturated heterocycles. The third-order valence-corrected chi connectivity index (χ3v) is 2.36. The Morgan fingerprint density at radius 1 is 1.50 bits per heavy atom. The average molecular weight is 250 g/mol. The van der Waals surface area contributed by atoms with E-state index < -0.39 is 0 Å². The summed E-state index contributed by atoms with van der Waals surface area (Å²) >= 11 is 3.36. The minimum atomic E-state index is 0.737. The summed E-state index contributed by atoms with van der Waals surface area (Å²) in [5.41, 5.74) is 2.93. The third kappa shape index (κ3) is 3.01. The molecule has 0 aliphatic carbocycles. The van der Waals surface area contributed by atoms with Crippen LogP contribution < -0.4 is 0 Å². The molecule has 0 heterocycles. The smallest absolute Gasteiger partial charge is 0.0997 e. The summed E-state index contributed by atoms with van der Waals surface area (Å²) in [6.45, 7) is 2.03. The topological polar surface area (TPSA) is 23.8 Å². The minimum absolute atomic E-state index is 0.737. The van der Waals surface area contributed by atoms with Gasteiger partial charge in [-0.1, -0.05) is 45.8 Å². The Morgan fingerprint density at radius 2 is 2.29 bits per heavy atom. The van der Waals surface area contributed by atoms with Gasteiger partial charge in [0, 0.05) is 5.33 Å². The number of aryl methyl sites for hydroxylation is 1. The van der Waals surface area contributed by atoms with E-state index in [-0.39, 0.29) is 0 Å². The van der Waals surface area contributed by atoms with Crippen molar-refractivity contribution in [3.63, 3.8) is 0 Å². The van der Waals surface area contributed by atoms with Gasteiger partial charge in [-0.3, -0.25) is 0 Å². The largest absolute Gasteiger partial charge is 0.192 e. The summed E-state index contributed by atoms with van der Waals surface area (Å²) in [5.74, 6) is 0. The highest BCUT2D eigenvalue weighted by atomic mass is 79.9. The summed E-state index contributed by atoms with van der Waals surface area (Å²) in [6.07, 6.45) is 5.07. The highest BCUT2D eigenvalue weighted by Gasteiger charge is 1.97. The lowest BCUT2D eigenvalue weighted by molar-refractivity contribution is 1.27. The first-order chi connectivity index (χ1) is 6.77. The Hall–Kier alpha value is -1.07. The minimum Gasteiger partial charge on any atom is -0.192 e. The van der Waals surface area contributed by atoms with Crippen molar-refractivity contribution in [2.75, 3.05) is 5.33 Å². The van der Waals surface area contributed by atoms with Gasteiger partial charge in [0.15, 0.2) is 0 Å². The van der Waals surface area contributed by atoms with E-state index in [4.69, 9.17) is 5.26 Å². The zero-order valence-electron chi connectivity index (χ0n) is 8.13. The van der Waals surface area contributed by atoms with Crippen LogP contribution in [0.2, 0.25) is 0 Å². The van der Waals surface area contributed by atoms with E-state index in [0.29, 0.717) is 0 Å². The number of hydrogen-bond acceptors (Lipinski definition) is 1. The number of halogens is 1. The number of nitrogens with zero attached hydrogens (tertiary/aromatic N) is 1. The Labute approximate surface area is 93.2 Å². The predicted octanol–water partition coefficient (Wildman–Crippen LogP) is 3.66. The van der Waals surface area contributed by atoms with Gasteiger partial charge in [0.05, 0.1) is 11.6 Å². The van der Waals surface area contributed by atoms with Gasteiger partial charge in [0.1, 0.15) is 0 Å². The lowest BCUT2D eigenvalue weighted by atomic mass is 10.0. The summed E-state index contributed by atoms with van der Waals surface area (Å²) in [4.78, 5) is 0. The maximum Gasteiger partial charge on any atom is 0.0997 e. The molecule has 14 heavy (non-hydrogen) atoms. The molecule has 0 radical (unpaired) electrons. The number of nitriles is 1. The van der Waals surface area contributed by atoms with Crippen molar-refractivity contribution in [2.24, 2.45) is 0 Å². The van der Waals surface area contributed by atoms with Gasteiger partial charge in [0.25, 0.3) is 0 Å². The quantitative estimate of drug-likeness (QED) is 0.751. The molecule has 1 nitrogen and oxygen atoms in total. The molecule has 1 aromatic rings. The van der Waals surface area contributed by atoms with Crippen molar-refractivity contribution >= 4 is 22.0 Å². The lowest BCUT2D eigenvalue weighted by Gasteiger charge is -1.99. The van der Waals surface area contributed by atoms with Crippen molar-refractivity contribution < 1.29 is 0 Å². The van der Waals surface area contributed by atoms with Gasteiger partial charge in [-0.2, -0.15) is 5.26 Å². The number of allylic oxidation sites excluding steroid dienone is 1. The number of hydrogen-bond donors (Lipinski definition) is 0. The van der Waals surface area contributed by atoms with Crippen LogP contribution in [0, 0.1) is 18.3 Å². The molecule has 1 rings (SSSR count). The lowest BCUT2D eigenvalue weighted by Crippen LogP contribution is -1.83. The van der Waals surface area contributed by atoms with Crippen LogP contribution in [-0.4, -0.2) is 5.33 Å². The molecule has 72 valence electrons. The zero-order chi connectivity index (χ0) is 10.4. The second kappa shape index (κ2) is 5.62. The van der Waals surface area contributed by atoms with Gasteiger partial charge < -0.3 is 0 Å². The van der Waals surface area contributed by atoms with Crippen molar-refractivity contribution in [3.05, 3.63) is 41.0 Å². The molecule has 0 bridgehead atoms. The van der Waals surface area contributed by atoms with E-state index >= 15 is 0 Å². The molecular formula is C12H12BrN. The zero-order valence-corrected chi connectivity index (χ0v) is 9.71. The Kier molecular flexibility index (Phi) is 4.42. The monoisotopic (exact) mass is 249 g/mol. The first-order valence-corrected chi connectivity index (χ1v) is 5.63. The Morgan fingerprint density at radius 3 is 2.93 bits per heavy atom. The Balaban J connectivity index is 2.94. The van der Waals surface area contributed by atoms with Crippen molar-refractivity contribution in [1.82, 2.24) is 0 Å². The molecule has 0 saturated carbocycles. The molecule has 0 amide bonds. The molecule has 0 atom stereocenters. The Bertz CT molecular complexity index is 374. The third-order valence-electron chi connectivity index (χ3n) is 1.90. The van der Waals surface area contributed by atoms with E-state index in [9.17, 15) is 0 Å². The van der Waals surface area contributed by atoms with Crippen LogP contribution in [0.15, 0.2) is 24.3 Å². The van der Waals surface area contributed by atoms with E-state index in [0.717, 1.165) is 22.9 Å². The van der Waals surface area contributed by atoms with Gasteiger partial charge in [-0.15, -0.1) is 0 Å². The van der Waals surface area contributed by atoms with Crippen LogP contribution in [0.4, 0.5) is 0 Å². The van der Waals surface area contributed by atoms with Crippen LogP contribution in [0.25, 0.3) is 6.08 Å². The fourth-order valence-corrected chi connectivity index (χ4v) is 1.46. The molecule has 0 aliphatic heterocycles. The van der Waals surface area contributed by atoms with E-state index in [1.54, 1.807) is 0 Å². The number of alkyl halides is 1. The fourth-order valence-electron chi connectivity index (χ4n) is 1.20. The van der Waals surface area contributed by atoms with Crippen LogP contribution in [0.3, 0.4) is 0 Å². The molecular weight excluding hydrogens is 238 g/mol. The summed E-state index contributed by atoms with van der Waals surface area (Å²) < 4.78 is 0. The standard InChI is InChI=1S/C12H12BrN/c1-10-5-6-12(9-14)11(8-10)4-2-3-7-13/h2,4-6,8H,3,7H2,1H3.